The molecule has 1 aliphatic rings. The van der Waals surface area contributed by atoms with Gasteiger partial charge in [-0.25, -0.2) is 0 Å². The van der Waals surface area contributed by atoms with Crippen LogP contribution in [0.2, 0.25) is 0 Å². The van der Waals surface area contributed by atoms with E-state index in [9.17, 15) is 5.11 Å². The van der Waals surface area contributed by atoms with Crippen molar-refractivity contribution in [1.29, 1.82) is 0 Å². The predicted molar refractivity (Wildman–Crippen MR) is 51.2 cm³/mol. The fourth-order valence-corrected chi connectivity index (χ4v) is 1.83. The summed E-state index contributed by atoms with van der Waals surface area (Å²) < 4.78 is 0. The highest BCUT2D eigenvalue weighted by Crippen LogP contribution is 2.12. The van der Waals surface area contributed by atoms with Crippen LogP contribution in [-0.4, -0.2) is 35.2 Å². The van der Waals surface area contributed by atoms with Gasteiger partial charge in [-0.05, 0) is 52.6 Å². The molecule has 0 unspecified atom stereocenters. The second-order valence-corrected chi connectivity index (χ2v) is 4.07. The van der Waals surface area contributed by atoms with Crippen molar-refractivity contribution >= 4 is 0 Å². The van der Waals surface area contributed by atoms with Gasteiger partial charge in [-0.15, -0.1) is 0 Å². The van der Waals surface area contributed by atoms with Crippen molar-refractivity contribution in [3.8, 4) is 0 Å². The number of nitrogens with zero attached hydrogens (tertiary/aromatic N) is 1. The average Bonchev–Trinajstić information content (AvgIpc) is 1.95. The Labute approximate surface area is 75.6 Å². The molecule has 1 N–H and O–H groups in total. The Balaban J connectivity index is 2.30. The Kier molecular flexibility index (Phi) is 4.02. The Morgan fingerprint density at radius 2 is 1.67 bits per heavy atom. The van der Waals surface area contributed by atoms with Gasteiger partial charge < -0.3 is 10.0 Å². The third-order valence-corrected chi connectivity index (χ3v) is 2.70. The van der Waals surface area contributed by atoms with Crippen LogP contribution in [0.4, 0.5) is 0 Å². The van der Waals surface area contributed by atoms with Crippen LogP contribution >= 0.6 is 0 Å². The van der Waals surface area contributed by atoms with E-state index < -0.39 is 0 Å². The summed E-state index contributed by atoms with van der Waals surface area (Å²) in [5, 5.41) is 9.42. The van der Waals surface area contributed by atoms with E-state index in [-0.39, 0.29) is 6.10 Å². The SMILES string of the molecule is CC(C)N1CCCC(O)CCC1. The smallest absolute Gasteiger partial charge is 0.0541 e. The van der Waals surface area contributed by atoms with Gasteiger partial charge in [0.2, 0.25) is 0 Å². The average molecular weight is 171 g/mol. The maximum absolute atomic E-state index is 9.42. The van der Waals surface area contributed by atoms with Crippen molar-refractivity contribution in [1.82, 2.24) is 4.90 Å². The Hall–Kier alpha value is -0.0800. The molecule has 0 bridgehead atoms. The predicted octanol–water partition coefficient (Wildman–Crippen LogP) is 1.63. The van der Waals surface area contributed by atoms with Crippen LogP contribution in [0.15, 0.2) is 0 Å². The lowest BCUT2D eigenvalue weighted by Gasteiger charge is -2.29. The van der Waals surface area contributed by atoms with Gasteiger partial charge in [-0.3, -0.25) is 0 Å². The lowest BCUT2D eigenvalue weighted by Crippen LogP contribution is -2.35. The lowest BCUT2D eigenvalue weighted by molar-refractivity contribution is 0.110. The Bertz CT molecular complexity index is 115. The summed E-state index contributed by atoms with van der Waals surface area (Å²) in [6, 6.07) is 0.667. The van der Waals surface area contributed by atoms with E-state index in [0.29, 0.717) is 6.04 Å². The van der Waals surface area contributed by atoms with E-state index in [1.807, 2.05) is 0 Å². The molecule has 0 aromatic carbocycles. The highest BCUT2D eigenvalue weighted by atomic mass is 16.3. The maximum atomic E-state index is 9.42. The van der Waals surface area contributed by atoms with Gasteiger partial charge in [0, 0.05) is 6.04 Å². The molecule has 0 amide bonds. The lowest BCUT2D eigenvalue weighted by atomic mass is 10.0. The molecule has 1 heterocycles. The summed E-state index contributed by atoms with van der Waals surface area (Å²) in [7, 11) is 0. The summed E-state index contributed by atoms with van der Waals surface area (Å²) in [6.45, 7) is 6.82. The fourth-order valence-electron chi connectivity index (χ4n) is 1.83. The maximum Gasteiger partial charge on any atom is 0.0541 e. The van der Waals surface area contributed by atoms with Crippen molar-refractivity contribution in [3.05, 3.63) is 0 Å². The van der Waals surface area contributed by atoms with Crippen molar-refractivity contribution < 1.29 is 5.11 Å². The number of aliphatic hydroxyl groups is 1. The van der Waals surface area contributed by atoms with Crippen molar-refractivity contribution in [2.75, 3.05) is 13.1 Å². The van der Waals surface area contributed by atoms with E-state index in [1.54, 1.807) is 0 Å². The summed E-state index contributed by atoms with van der Waals surface area (Å²) in [5.74, 6) is 0. The van der Waals surface area contributed by atoms with Gasteiger partial charge in [-0.2, -0.15) is 0 Å². The number of hydrogen-bond donors (Lipinski definition) is 1. The molecule has 1 aliphatic heterocycles. The van der Waals surface area contributed by atoms with Crippen LogP contribution in [0.5, 0.6) is 0 Å². The molecular weight excluding hydrogens is 150 g/mol. The number of rotatable bonds is 1. The topological polar surface area (TPSA) is 23.5 Å². The normalized spacial score (nSPS) is 24.0. The standard InChI is InChI=1S/C10H21NO/c1-9(2)11-7-3-5-10(12)6-4-8-11/h9-10,12H,3-8H2,1-2H3. The second kappa shape index (κ2) is 4.83. The molecule has 0 aliphatic carbocycles. The summed E-state index contributed by atoms with van der Waals surface area (Å²) >= 11 is 0. The van der Waals surface area contributed by atoms with Crippen molar-refractivity contribution in [3.63, 3.8) is 0 Å². The van der Waals surface area contributed by atoms with E-state index in [0.717, 1.165) is 38.8 Å². The highest BCUT2D eigenvalue weighted by Gasteiger charge is 2.14. The summed E-state index contributed by atoms with van der Waals surface area (Å²) in [4.78, 5) is 2.51. The Morgan fingerprint density at radius 1 is 1.17 bits per heavy atom. The van der Waals surface area contributed by atoms with Crippen LogP contribution in [-0.2, 0) is 0 Å². The third-order valence-electron chi connectivity index (χ3n) is 2.70. The van der Waals surface area contributed by atoms with Crippen LogP contribution in [0, 0.1) is 0 Å². The van der Waals surface area contributed by atoms with Gasteiger partial charge in [0.15, 0.2) is 0 Å². The van der Waals surface area contributed by atoms with Gasteiger partial charge in [-0.1, -0.05) is 0 Å². The zero-order chi connectivity index (χ0) is 8.97. The van der Waals surface area contributed by atoms with Gasteiger partial charge >= 0.3 is 0 Å². The van der Waals surface area contributed by atoms with Crippen LogP contribution < -0.4 is 0 Å². The minimum atomic E-state index is -0.0284. The van der Waals surface area contributed by atoms with E-state index in [1.165, 1.54) is 0 Å². The third kappa shape index (κ3) is 3.11. The minimum absolute atomic E-state index is 0.0284. The first kappa shape index (κ1) is 10.0. The molecule has 0 radical (unpaired) electrons. The van der Waals surface area contributed by atoms with Crippen LogP contribution in [0.3, 0.4) is 0 Å². The molecule has 0 saturated carbocycles. The minimum Gasteiger partial charge on any atom is -0.393 e. The molecule has 1 saturated heterocycles. The van der Waals surface area contributed by atoms with Crippen molar-refractivity contribution in [2.45, 2.75) is 51.7 Å². The van der Waals surface area contributed by atoms with Gasteiger partial charge in [0.05, 0.1) is 6.10 Å². The largest absolute Gasteiger partial charge is 0.393 e. The summed E-state index contributed by atoms with van der Waals surface area (Å²) in [5.41, 5.74) is 0. The van der Waals surface area contributed by atoms with Gasteiger partial charge in [0.1, 0.15) is 0 Å². The molecule has 12 heavy (non-hydrogen) atoms. The van der Waals surface area contributed by atoms with E-state index in [2.05, 4.69) is 18.7 Å². The zero-order valence-corrected chi connectivity index (χ0v) is 8.29. The molecule has 0 spiro atoms. The number of hydrogen-bond acceptors (Lipinski definition) is 2. The highest BCUT2D eigenvalue weighted by molar-refractivity contribution is 4.69. The molecule has 0 aromatic heterocycles. The summed E-state index contributed by atoms with van der Waals surface area (Å²) in [6.07, 6.45) is 4.25. The van der Waals surface area contributed by atoms with Crippen molar-refractivity contribution in [2.24, 2.45) is 0 Å². The molecule has 1 fully saturated rings. The molecule has 2 nitrogen and oxygen atoms in total. The Morgan fingerprint density at radius 3 is 2.08 bits per heavy atom. The molecule has 0 atom stereocenters. The molecule has 1 rings (SSSR count). The molecule has 0 aromatic rings. The molecule has 2 heteroatoms. The van der Waals surface area contributed by atoms with E-state index in [4.69, 9.17) is 0 Å². The fraction of sp³-hybridized carbons (Fsp3) is 1.00. The van der Waals surface area contributed by atoms with E-state index >= 15 is 0 Å². The quantitative estimate of drug-likeness (QED) is 0.648. The van der Waals surface area contributed by atoms with Crippen LogP contribution in [0.25, 0.3) is 0 Å². The number of aliphatic hydroxyl groups excluding tert-OH is 1. The second-order valence-electron chi connectivity index (χ2n) is 4.07. The first-order valence-electron chi connectivity index (χ1n) is 5.12. The first-order valence-corrected chi connectivity index (χ1v) is 5.12. The molecular formula is C10H21NO. The monoisotopic (exact) mass is 171 g/mol. The van der Waals surface area contributed by atoms with Gasteiger partial charge in [0.25, 0.3) is 0 Å². The van der Waals surface area contributed by atoms with Crippen LogP contribution in [0.1, 0.15) is 39.5 Å². The zero-order valence-electron chi connectivity index (χ0n) is 8.29. The molecule has 72 valence electrons. The first-order chi connectivity index (χ1) is 5.70. The number of likely N-dealkylation sites (tertiary alicyclic amines) is 1.